The van der Waals surface area contributed by atoms with Crippen LogP contribution in [0.4, 0.5) is 11.6 Å². The van der Waals surface area contributed by atoms with Crippen molar-refractivity contribution in [2.24, 2.45) is 0 Å². The lowest BCUT2D eigenvalue weighted by Gasteiger charge is -2.20. The van der Waals surface area contributed by atoms with Crippen molar-refractivity contribution in [3.63, 3.8) is 0 Å². The van der Waals surface area contributed by atoms with E-state index < -0.39 is 5.91 Å². The number of amides is 1. The average molecular weight is 350 g/mol. The number of nitrogens with zero attached hydrogens (tertiary/aromatic N) is 5. The van der Waals surface area contributed by atoms with Gasteiger partial charge in [-0.05, 0) is 17.3 Å². The Hall–Kier alpha value is -2.78. The van der Waals surface area contributed by atoms with Gasteiger partial charge in [0.1, 0.15) is 5.69 Å². The van der Waals surface area contributed by atoms with Crippen molar-refractivity contribution in [3.05, 3.63) is 36.0 Å². The number of aromatic nitrogens is 5. The molecule has 24 heavy (non-hydrogen) atoms. The molecule has 0 aliphatic heterocycles. The second-order valence-electron chi connectivity index (χ2n) is 4.88. The Morgan fingerprint density at radius 2 is 2.17 bits per heavy atom. The Morgan fingerprint density at radius 1 is 1.38 bits per heavy atom. The highest BCUT2D eigenvalue weighted by molar-refractivity contribution is 6.05. The summed E-state index contributed by atoms with van der Waals surface area (Å²) in [6.45, 7) is 0.456. The van der Waals surface area contributed by atoms with Crippen molar-refractivity contribution < 1.29 is 9.90 Å². The fraction of sp³-hybridized carbons (Fsp3) is 0.214. The van der Waals surface area contributed by atoms with Crippen molar-refractivity contribution in [3.8, 4) is 0 Å². The number of pyridine rings is 1. The second kappa shape index (κ2) is 7.66. The predicted octanol–water partition coefficient (Wildman–Crippen LogP) is 0.850. The molecule has 0 aliphatic rings. The summed E-state index contributed by atoms with van der Waals surface area (Å²) in [5.41, 5.74) is 1.73. The summed E-state index contributed by atoms with van der Waals surface area (Å²) in [6.07, 6.45) is 0. The van der Waals surface area contributed by atoms with E-state index in [1.165, 1.54) is 0 Å². The number of anilines is 2. The number of para-hydroxylation sites is 1. The summed E-state index contributed by atoms with van der Waals surface area (Å²) in [5.74, 6) is -0.356. The zero-order chi connectivity index (χ0) is 16.2. The number of fused-ring (bicyclic) bond motifs is 1. The number of nitrogens with one attached hydrogen (secondary N) is 2. The lowest BCUT2D eigenvalue weighted by molar-refractivity contribution is 0.102. The van der Waals surface area contributed by atoms with Gasteiger partial charge in [-0.2, -0.15) is 5.21 Å². The Balaban J connectivity index is 0.00000208. The molecular formula is C14H16ClN7O2. The number of carbonyl (C=O) groups is 1. The fourth-order valence-electron chi connectivity index (χ4n) is 2.24. The number of hydrogen-bond donors (Lipinski definition) is 3. The minimum atomic E-state index is -0.434. The number of carbonyl (C=O) groups excluding carboxylic acids is 1. The van der Waals surface area contributed by atoms with Crippen molar-refractivity contribution in [2.75, 3.05) is 30.4 Å². The molecule has 9 nitrogen and oxygen atoms in total. The molecule has 3 rings (SSSR count). The Morgan fingerprint density at radius 3 is 2.88 bits per heavy atom. The third-order valence-corrected chi connectivity index (χ3v) is 3.34. The van der Waals surface area contributed by atoms with Gasteiger partial charge in [-0.25, -0.2) is 4.98 Å². The van der Waals surface area contributed by atoms with E-state index >= 15 is 0 Å². The number of benzene rings is 1. The van der Waals surface area contributed by atoms with Gasteiger partial charge < -0.3 is 10.0 Å². The topological polar surface area (TPSA) is 120 Å². The molecule has 0 saturated heterocycles. The second-order valence-corrected chi connectivity index (χ2v) is 4.88. The minimum Gasteiger partial charge on any atom is -0.395 e. The molecule has 0 fully saturated rings. The molecule has 0 spiro atoms. The molecule has 2 aromatic heterocycles. The summed E-state index contributed by atoms with van der Waals surface area (Å²) in [5, 5.41) is 25.6. The van der Waals surface area contributed by atoms with Crippen LogP contribution in [0.2, 0.25) is 0 Å². The van der Waals surface area contributed by atoms with Gasteiger partial charge in [0, 0.05) is 24.7 Å². The van der Waals surface area contributed by atoms with Crippen LogP contribution in [0, 0.1) is 0 Å². The summed E-state index contributed by atoms with van der Waals surface area (Å²) < 4.78 is 0. The van der Waals surface area contributed by atoms with Crippen molar-refractivity contribution in [2.45, 2.75) is 0 Å². The van der Waals surface area contributed by atoms with Gasteiger partial charge in [0.05, 0.1) is 12.1 Å². The maximum Gasteiger partial charge on any atom is 0.276 e. The van der Waals surface area contributed by atoms with E-state index in [9.17, 15) is 4.79 Å². The number of tetrazole rings is 1. The van der Waals surface area contributed by atoms with Gasteiger partial charge in [0.2, 0.25) is 0 Å². The predicted molar refractivity (Wildman–Crippen MR) is 91.5 cm³/mol. The number of aromatic amines is 1. The molecule has 0 unspecified atom stereocenters. The minimum absolute atomic E-state index is 0. The van der Waals surface area contributed by atoms with Gasteiger partial charge in [0.15, 0.2) is 0 Å². The SMILES string of the molecule is CN(CCO)c1cc(C(=O)Nc2nn[nH]n2)nc2ccccc12.Cl. The maximum absolute atomic E-state index is 12.3. The van der Waals surface area contributed by atoms with Crippen molar-refractivity contribution in [1.82, 2.24) is 25.6 Å². The highest BCUT2D eigenvalue weighted by atomic mass is 35.5. The fourth-order valence-corrected chi connectivity index (χ4v) is 2.24. The van der Waals surface area contributed by atoms with Gasteiger partial charge >= 0.3 is 0 Å². The summed E-state index contributed by atoms with van der Waals surface area (Å²) in [7, 11) is 1.85. The summed E-state index contributed by atoms with van der Waals surface area (Å²) >= 11 is 0. The molecule has 0 radical (unpaired) electrons. The molecule has 3 N–H and O–H groups in total. The van der Waals surface area contributed by atoms with Crippen LogP contribution in [0.3, 0.4) is 0 Å². The standard InChI is InChI=1S/C14H15N7O2.ClH/c1-21(6-7-22)12-8-11(13(23)16-14-17-19-20-18-14)15-10-5-3-2-4-9(10)12;/h2-5,8,22H,6-7H2,1H3,(H2,16,17,18,19,20,23);1H. The van der Waals surface area contributed by atoms with Crippen LogP contribution in [0.25, 0.3) is 10.9 Å². The van der Waals surface area contributed by atoms with Crippen LogP contribution in [0.1, 0.15) is 10.5 Å². The largest absolute Gasteiger partial charge is 0.395 e. The molecule has 0 bridgehead atoms. The summed E-state index contributed by atoms with van der Waals surface area (Å²) in [4.78, 5) is 18.6. The zero-order valence-electron chi connectivity index (χ0n) is 12.8. The number of H-pyrrole nitrogens is 1. The molecule has 2 heterocycles. The number of aliphatic hydroxyl groups excluding tert-OH is 1. The highest BCUT2D eigenvalue weighted by Gasteiger charge is 2.15. The Kier molecular flexibility index (Phi) is 5.61. The van der Waals surface area contributed by atoms with Gasteiger partial charge in [-0.3, -0.25) is 10.1 Å². The molecule has 1 aromatic carbocycles. The van der Waals surface area contributed by atoms with Crippen molar-refractivity contribution >= 4 is 40.9 Å². The van der Waals surface area contributed by atoms with Gasteiger partial charge in [-0.15, -0.1) is 17.5 Å². The molecular weight excluding hydrogens is 334 g/mol. The quantitative estimate of drug-likeness (QED) is 0.624. The van der Waals surface area contributed by atoms with E-state index in [0.717, 1.165) is 11.1 Å². The smallest absolute Gasteiger partial charge is 0.276 e. The van der Waals surface area contributed by atoms with E-state index in [4.69, 9.17) is 5.11 Å². The molecule has 0 aliphatic carbocycles. The lowest BCUT2D eigenvalue weighted by atomic mass is 10.1. The van der Waals surface area contributed by atoms with Crippen LogP contribution >= 0.6 is 12.4 Å². The van der Waals surface area contributed by atoms with E-state index in [1.54, 1.807) is 6.07 Å². The van der Waals surface area contributed by atoms with Gasteiger partial charge in [-0.1, -0.05) is 23.3 Å². The highest BCUT2D eigenvalue weighted by Crippen LogP contribution is 2.26. The number of aliphatic hydroxyl groups is 1. The normalized spacial score (nSPS) is 10.2. The zero-order valence-corrected chi connectivity index (χ0v) is 13.6. The molecule has 1 amide bonds. The van der Waals surface area contributed by atoms with E-state index in [2.05, 4.69) is 30.9 Å². The molecule has 0 saturated carbocycles. The lowest BCUT2D eigenvalue weighted by Crippen LogP contribution is -2.23. The van der Waals surface area contributed by atoms with E-state index in [0.29, 0.717) is 12.1 Å². The van der Waals surface area contributed by atoms with E-state index in [1.807, 2.05) is 36.2 Å². The number of likely N-dealkylation sites (N-methyl/N-ethyl adjacent to an activating group) is 1. The number of rotatable bonds is 5. The molecule has 0 atom stereocenters. The van der Waals surface area contributed by atoms with Crippen LogP contribution < -0.4 is 10.2 Å². The first-order valence-corrected chi connectivity index (χ1v) is 6.95. The molecule has 126 valence electrons. The Labute approximate surface area is 143 Å². The van der Waals surface area contributed by atoms with Crippen LogP contribution in [-0.2, 0) is 0 Å². The molecule has 10 heteroatoms. The van der Waals surface area contributed by atoms with Crippen LogP contribution in [0.15, 0.2) is 30.3 Å². The number of halogens is 1. The van der Waals surface area contributed by atoms with Gasteiger partial charge in [0.25, 0.3) is 11.9 Å². The van der Waals surface area contributed by atoms with Crippen LogP contribution in [-0.4, -0.2) is 56.8 Å². The number of hydrogen-bond acceptors (Lipinski definition) is 7. The third kappa shape index (κ3) is 3.58. The third-order valence-electron chi connectivity index (χ3n) is 3.34. The summed E-state index contributed by atoms with van der Waals surface area (Å²) in [6, 6.07) is 9.18. The molecule has 3 aromatic rings. The average Bonchev–Trinajstić information content (AvgIpc) is 3.07. The van der Waals surface area contributed by atoms with E-state index in [-0.39, 0.29) is 30.7 Å². The maximum atomic E-state index is 12.3. The monoisotopic (exact) mass is 349 g/mol. The first kappa shape index (κ1) is 17.6. The van der Waals surface area contributed by atoms with Crippen molar-refractivity contribution in [1.29, 1.82) is 0 Å². The van der Waals surface area contributed by atoms with Crippen LogP contribution in [0.5, 0.6) is 0 Å². The first-order valence-electron chi connectivity index (χ1n) is 6.95. The Bertz CT molecular complexity index is 825. The first-order chi connectivity index (χ1) is 11.2.